The summed E-state index contributed by atoms with van der Waals surface area (Å²) in [6.07, 6.45) is 0.850. The number of carbonyl (C=O) groups excluding carboxylic acids is 1. The fourth-order valence-corrected chi connectivity index (χ4v) is 3.33. The summed E-state index contributed by atoms with van der Waals surface area (Å²) in [7, 11) is 1.99. The molecule has 1 N–H and O–H groups in total. The lowest BCUT2D eigenvalue weighted by atomic mass is 10.1. The van der Waals surface area contributed by atoms with Crippen LogP contribution in [-0.4, -0.2) is 35.7 Å². The third-order valence-corrected chi connectivity index (χ3v) is 5.34. The Morgan fingerprint density at radius 3 is 2.39 bits per heavy atom. The first-order valence-corrected chi connectivity index (χ1v) is 10.8. The maximum Gasteiger partial charge on any atom is 0.322 e. The van der Waals surface area contributed by atoms with Gasteiger partial charge in [-0.3, -0.25) is 0 Å². The van der Waals surface area contributed by atoms with Gasteiger partial charge in [0.2, 0.25) is 5.88 Å². The molecule has 6 nitrogen and oxygen atoms in total. The van der Waals surface area contributed by atoms with E-state index < -0.39 is 0 Å². The first kappa shape index (κ1) is 22.4. The van der Waals surface area contributed by atoms with Crippen LogP contribution in [0.15, 0.2) is 59.1 Å². The van der Waals surface area contributed by atoms with Crippen molar-refractivity contribution in [2.45, 2.75) is 46.7 Å². The summed E-state index contributed by atoms with van der Waals surface area (Å²) in [5.74, 6) is 0.693. The average molecular weight is 421 g/mol. The number of anilines is 2. The van der Waals surface area contributed by atoms with E-state index in [0.717, 1.165) is 34.5 Å². The number of rotatable bonds is 8. The van der Waals surface area contributed by atoms with Crippen molar-refractivity contribution in [3.8, 4) is 11.3 Å². The van der Waals surface area contributed by atoms with Crippen LogP contribution in [-0.2, 0) is 6.54 Å². The minimum atomic E-state index is -0.135. The summed E-state index contributed by atoms with van der Waals surface area (Å²) in [6.45, 7) is 9.33. The Kier molecular flexibility index (Phi) is 7.34. The van der Waals surface area contributed by atoms with Crippen molar-refractivity contribution in [3.05, 3.63) is 65.7 Å². The summed E-state index contributed by atoms with van der Waals surface area (Å²) in [4.78, 5) is 17.0. The molecule has 0 unspecified atom stereocenters. The van der Waals surface area contributed by atoms with Crippen molar-refractivity contribution in [2.24, 2.45) is 0 Å². The van der Waals surface area contributed by atoms with E-state index in [0.29, 0.717) is 19.0 Å². The molecule has 3 rings (SSSR count). The van der Waals surface area contributed by atoms with Crippen LogP contribution in [0.4, 0.5) is 16.4 Å². The van der Waals surface area contributed by atoms with Crippen LogP contribution in [0.25, 0.3) is 11.3 Å². The summed E-state index contributed by atoms with van der Waals surface area (Å²) in [5, 5.41) is 7.40. The summed E-state index contributed by atoms with van der Waals surface area (Å²) < 4.78 is 5.78. The second kappa shape index (κ2) is 10.2. The first-order valence-electron chi connectivity index (χ1n) is 10.8. The Hall–Kier alpha value is -3.28. The number of hydrogen-bond donors (Lipinski definition) is 1. The fraction of sp³-hybridized carbons (Fsp3) is 0.360. The maximum absolute atomic E-state index is 13.1. The number of nitrogens with one attached hydrogen (secondary N) is 1. The van der Waals surface area contributed by atoms with Crippen LogP contribution >= 0.6 is 0 Å². The quantitative estimate of drug-likeness (QED) is 0.490. The monoisotopic (exact) mass is 420 g/mol. The highest BCUT2D eigenvalue weighted by molar-refractivity contribution is 5.89. The van der Waals surface area contributed by atoms with Crippen LogP contribution < -0.4 is 10.2 Å². The highest BCUT2D eigenvalue weighted by atomic mass is 16.5. The molecule has 6 heteroatoms. The Bertz CT molecular complexity index is 981. The SMILES string of the molecule is CCCN(Cc1c(-c2ccccc2)noc1N(C)C(C)C)C(=O)Nc1ccc(C)cc1. The van der Waals surface area contributed by atoms with Gasteiger partial charge < -0.3 is 19.6 Å². The molecule has 1 aromatic heterocycles. The van der Waals surface area contributed by atoms with Gasteiger partial charge in [-0.2, -0.15) is 0 Å². The van der Waals surface area contributed by atoms with Gasteiger partial charge in [-0.05, 0) is 39.3 Å². The molecule has 2 aromatic carbocycles. The molecule has 0 saturated heterocycles. The van der Waals surface area contributed by atoms with Crippen molar-refractivity contribution in [1.29, 1.82) is 0 Å². The Balaban J connectivity index is 1.93. The van der Waals surface area contributed by atoms with Crippen molar-refractivity contribution < 1.29 is 9.32 Å². The molecular formula is C25H32N4O2. The lowest BCUT2D eigenvalue weighted by Crippen LogP contribution is -2.36. The number of urea groups is 1. The zero-order valence-corrected chi connectivity index (χ0v) is 19.1. The van der Waals surface area contributed by atoms with E-state index in [-0.39, 0.29) is 12.1 Å². The predicted octanol–water partition coefficient (Wildman–Crippen LogP) is 5.94. The van der Waals surface area contributed by atoms with Gasteiger partial charge in [-0.25, -0.2) is 4.79 Å². The van der Waals surface area contributed by atoms with Gasteiger partial charge in [0.25, 0.3) is 0 Å². The summed E-state index contributed by atoms with van der Waals surface area (Å²) in [6, 6.07) is 17.9. The molecule has 0 bridgehead atoms. The van der Waals surface area contributed by atoms with Gasteiger partial charge in [-0.1, -0.05) is 60.1 Å². The molecule has 0 aliphatic carbocycles. The van der Waals surface area contributed by atoms with E-state index in [9.17, 15) is 4.79 Å². The topological polar surface area (TPSA) is 61.6 Å². The molecule has 0 atom stereocenters. The van der Waals surface area contributed by atoms with Gasteiger partial charge >= 0.3 is 6.03 Å². The summed E-state index contributed by atoms with van der Waals surface area (Å²) in [5.41, 5.74) is 4.59. The van der Waals surface area contributed by atoms with Gasteiger partial charge in [0.15, 0.2) is 0 Å². The van der Waals surface area contributed by atoms with Crippen LogP contribution in [0.2, 0.25) is 0 Å². The number of aromatic nitrogens is 1. The number of hydrogen-bond acceptors (Lipinski definition) is 4. The largest absolute Gasteiger partial charge is 0.341 e. The molecule has 0 radical (unpaired) electrons. The highest BCUT2D eigenvalue weighted by Gasteiger charge is 2.25. The summed E-state index contributed by atoms with van der Waals surface area (Å²) >= 11 is 0. The molecule has 0 saturated carbocycles. The van der Waals surface area contributed by atoms with Crippen molar-refractivity contribution in [1.82, 2.24) is 10.1 Å². The lowest BCUT2D eigenvalue weighted by Gasteiger charge is -2.26. The van der Waals surface area contributed by atoms with Crippen LogP contribution in [0.1, 0.15) is 38.3 Å². The van der Waals surface area contributed by atoms with Gasteiger partial charge in [0.05, 0.1) is 12.1 Å². The molecule has 0 fully saturated rings. The number of nitrogens with zero attached hydrogens (tertiary/aromatic N) is 3. The van der Waals surface area contributed by atoms with E-state index in [1.54, 1.807) is 0 Å². The number of carbonyl (C=O) groups is 1. The molecule has 3 aromatic rings. The van der Waals surface area contributed by atoms with Gasteiger partial charge in [0, 0.05) is 30.9 Å². The molecule has 0 spiro atoms. The Labute approximate surface area is 184 Å². The van der Waals surface area contributed by atoms with E-state index in [2.05, 4.69) is 36.1 Å². The standard InChI is InChI=1S/C25H32N4O2/c1-6-16-29(25(30)26-21-14-12-19(4)13-15-21)17-22-23(20-10-8-7-9-11-20)27-31-24(22)28(5)18(2)3/h7-15,18H,6,16-17H2,1-5H3,(H,26,30). The smallest absolute Gasteiger partial charge is 0.322 e. The van der Waals surface area contributed by atoms with Gasteiger partial charge in [-0.15, -0.1) is 0 Å². The Morgan fingerprint density at radius 2 is 1.77 bits per heavy atom. The lowest BCUT2D eigenvalue weighted by molar-refractivity contribution is 0.209. The number of benzene rings is 2. The normalized spacial score (nSPS) is 10.9. The molecule has 2 amide bonds. The average Bonchev–Trinajstić information content (AvgIpc) is 3.18. The molecule has 1 heterocycles. The van der Waals surface area contributed by atoms with Crippen LogP contribution in [0.5, 0.6) is 0 Å². The van der Waals surface area contributed by atoms with Crippen molar-refractivity contribution >= 4 is 17.6 Å². The van der Waals surface area contributed by atoms with E-state index >= 15 is 0 Å². The third kappa shape index (κ3) is 5.45. The maximum atomic E-state index is 13.1. The zero-order chi connectivity index (χ0) is 22.4. The first-order chi connectivity index (χ1) is 14.9. The minimum Gasteiger partial charge on any atom is -0.341 e. The second-order valence-electron chi connectivity index (χ2n) is 8.10. The van der Waals surface area contributed by atoms with E-state index in [1.165, 1.54) is 0 Å². The van der Waals surface area contributed by atoms with Crippen LogP contribution in [0.3, 0.4) is 0 Å². The molecule has 164 valence electrons. The van der Waals surface area contributed by atoms with Crippen molar-refractivity contribution in [2.75, 3.05) is 23.8 Å². The zero-order valence-electron chi connectivity index (χ0n) is 19.1. The molecule has 0 aliphatic rings. The third-order valence-electron chi connectivity index (χ3n) is 5.34. The van der Waals surface area contributed by atoms with E-state index in [4.69, 9.17) is 4.52 Å². The van der Waals surface area contributed by atoms with Gasteiger partial charge in [0.1, 0.15) is 5.69 Å². The Morgan fingerprint density at radius 1 is 1.10 bits per heavy atom. The predicted molar refractivity (Wildman–Crippen MR) is 126 cm³/mol. The fourth-order valence-electron chi connectivity index (χ4n) is 3.33. The molecule has 0 aliphatic heterocycles. The minimum absolute atomic E-state index is 0.135. The van der Waals surface area contributed by atoms with Crippen molar-refractivity contribution in [3.63, 3.8) is 0 Å². The number of amides is 2. The molecule has 31 heavy (non-hydrogen) atoms. The highest BCUT2D eigenvalue weighted by Crippen LogP contribution is 2.33. The van der Waals surface area contributed by atoms with Crippen LogP contribution in [0, 0.1) is 6.92 Å². The second-order valence-corrected chi connectivity index (χ2v) is 8.10. The molecular weight excluding hydrogens is 388 g/mol. The number of aryl methyl sites for hydroxylation is 1. The van der Waals surface area contributed by atoms with E-state index in [1.807, 2.05) is 73.5 Å².